The highest BCUT2D eigenvalue weighted by Crippen LogP contribution is 2.30. The molecule has 2 aliphatic rings. The number of allylic oxidation sites excluding steroid dienone is 8. The van der Waals surface area contributed by atoms with Crippen LogP contribution in [0.15, 0.2) is 231 Å². The highest BCUT2D eigenvalue weighted by atomic mass is 16.1. The third-order valence-electron chi connectivity index (χ3n) is 12.8. The van der Waals surface area contributed by atoms with Crippen LogP contribution >= 0.6 is 0 Å². The molecule has 0 N–H and O–H groups in total. The van der Waals surface area contributed by atoms with Gasteiger partial charge < -0.3 is 0 Å². The van der Waals surface area contributed by atoms with Gasteiger partial charge in [0, 0.05) is 55.6 Å². The second-order valence-electron chi connectivity index (χ2n) is 17.6. The van der Waals surface area contributed by atoms with Crippen LogP contribution in [-0.2, 0) is 0 Å². The van der Waals surface area contributed by atoms with E-state index in [-0.39, 0.29) is 56.5 Å². The molecule has 2 aliphatic carbocycles. The maximum atomic E-state index is 15.2. The molecule has 0 heterocycles. The quantitative estimate of drug-likeness (QED) is 0.101. The molecular weight excluding hydrogens is 861 g/mol. The van der Waals surface area contributed by atoms with Gasteiger partial charge in [0.2, 0.25) is 0 Å². The van der Waals surface area contributed by atoms with Gasteiger partial charge in [-0.1, -0.05) is 170 Å². The smallest absolute Gasteiger partial charge is 0.193 e. The summed E-state index contributed by atoms with van der Waals surface area (Å²) in [4.78, 5) is 73.8. The number of rotatable bonds is 14. The fraction of sp³-hybridized carbons (Fsp3) is 0.0615. The van der Waals surface area contributed by atoms with Crippen LogP contribution in [0.2, 0.25) is 0 Å². The lowest BCUT2D eigenvalue weighted by molar-refractivity contribution is 0.102. The molecule has 0 fully saturated rings. The van der Waals surface area contributed by atoms with Gasteiger partial charge in [-0.3, -0.25) is 24.0 Å². The predicted molar refractivity (Wildman–Crippen MR) is 279 cm³/mol. The van der Waals surface area contributed by atoms with Crippen molar-refractivity contribution in [2.24, 2.45) is 0 Å². The first-order valence-electron chi connectivity index (χ1n) is 23.5. The molecule has 0 saturated heterocycles. The van der Waals surface area contributed by atoms with Crippen molar-refractivity contribution in [1.82, 2.24) is 0 Å². The average Bonchev–Trinajstić information content (AvgIpc) is 3.45. The van der Waals surface area contributed by atoms with E-state index in [1.165, 1.54) is 24.3 Å². The summed E-state index contributed by atoms with van der Waals surface area (Å²) in [7, 11) is 0. The summed E-state index contributed by atoms with van der Waals surface area (Å²) in [6, 6.07) is 57.8. The molecule has 0 bridgehead atoms. The fourth-order valence-electron chi connectivity index (χ4n) is 9.15. The maximum Gasteiger partial charge on any atom is 0.193 e. The Bertz CT molecular complexity index is 3280. The number of ketones is 5. The number of hydrogen-bond acceptors (Lipinski definition) is 5. The minimum Gasteiger partial charge on any atom is -0.289 e. The summed E-state index contributed by atoms with van der Waals surface area (Å²) in [5.74, 6) is -2.07. The first-order valence-corrected chi connectivity index (χ1v) is 23.5. The van der Waals surface area contributed by atoms with E-state index in [9.17, 15) is 19.2 Å². The van der Waals surface area contributed by atoms with E-state index in [1.807, 2.05) is 133 Å². The fourth-order valence-corrected chi connectivity index (χ4v) is 9.15. The van der Waals surface area contributed by atoms with Crippen LogP contribution < -0.4 is 0 Å². The summed E-state index contributed by atoms with van der Waals surface area (Å²) in [6.45, 7) is 0. The van der Waals surface area contributed by atoms with Crippen molar-refractivity contribution in [2.45, 2.75) is 25.7 Å². The Labute approximate surface area is 407 Å². The van der Waals surface area contributed by atoms with Crippen molar-refractivity contribution in [3.05, 3.63) is 297 Å². The van der Waals surface area contributed by atoms with Crippen molar-refractivity contribution in [3.63, 3.8) is 0 Å². The summed E-state index contributed by atoms with van der Waals surface area (Å²) in [5, 5.41) is 0. The topological polar surface area (TPSA) is 85.3 Å². The average molecular weight is 907 g/mol. The van der Waals surface area contributed by atoms with Gasteiger partial charge in [-0.2, -0.15) is 0 Å². The molecule has 0 aliphatic heterocycles. The van der Waals surface area contributed by atoms with Crippen LogP contribution in [-0.4, -0.2) is 28.9 Å². The SMILES string of the molecule is O=C(c1cc(C(=O)c2cccc(C3=CCCC=C3)c2)cc(C(=O)c2cccc(-c3ccccc3)c2)c1)c1cc(C(=O)c2cccc(C3=CCCC=C3)c2)cc(C(=O)c2cccc(-c3ccccc3)c2)c1. The predicted octanol–water partition coefficient (Wildman–Crippen LogP) is 14.6. The Morgan fingerprint density at radius 2 is 0.514 bits per heavy atom. The van der Waals surface area contributed by atoms with E-state index >= 15 is 4.79 Å². The van der Waals surface area contributed by atoms with Crippen molar-refractivity contribution < 1.29 is 24.0 Å². The van der Waals surface area contributed by atoms with Crippen LogP contribution in [0.5, 0.6) is 0 Å². The molecule has 70 heavy (non-hydrogen) atoms. The molecule has 0 unspecified atom stereocenters. The Morgan fingerprint density at radius 1 is 0.243 bits per heavy atom. The Kier molecular flexibility index (Phi) is 12.9. The van der Waals surface area contributed by atoms with E-state index in [4.69, 9.17) is 0 Å². The third-order valence-corrected chi connectivity index (χ3v) is 12.8. The molecule has 0 radical (unpaired) electrons. The summed E-state index contributed by atoms with van der Waals surface area (Å²) < 4.78 is 0. The molecule has 8 aromatic carbocycles. The van der Waals surface area contributed by atoms with Crippen molar-refractivity contribution in [3.8, 4) is 22.3 Å². The summed E-state index contributed by atoms with van der Waals surface area (Å²) in [5.41, 5.74) is 9.53. The van der Waals surface area contributed by atoms with Crippen LogP contribution in [0.4, 0.5) is 0 Å². The molecule has 10 rings (SSSR count). The number of benzene rings is 8. The molecular formula is C65H46O5. The molecule has 8 aromatic rings. The first kappa shape index (κ1) is 44.9. The number of carbonyl (C=O) groups is 5. The van der Waals surface area contributed by atoms with E-state index < -0.39 is 5.78 Å². The first-order chi connectivity index (χ1) is 34.3. The normalized spacial score (nSPS) is 13.0. The lowest BCUT2D eigenvalue weighted by Gasteiger charge is -2.13. The van der Waals surface area contributed by atoms with Gasteiger partial charge in [0.25, 0.3) is 0 Å². The lowest BCUT2D eigenvalue weighted by Crippen LogP contribution is -2.13. The van der Waals surface area contributed by atoms with Crippen LogP contribution in [0.25, 0.3) is 33.4 Å². The van der Waals surface area contributed by atoms with E-state index in [2.05, 4.69) is 24.3 Å². The second-order valence-corrected chi connectivity index (χ2v) is 17.6. The summed E-state index contributed by atoms with van der Waals surface area (Å²) >= 11 is 0. The monoisotopic (exact) mass is 906 g/mol. The highest BCUT2D eigenvalue weighted by molar-refractivity contribution is 6.20. The molecule has 0 spiro atoms. The summed E-state index contributed by atoms with van der Waals surface area (Å²) in [6.07, 6.45) is 16.3. The molecule has 336 valence electrons. The van der Waals surface area contributed by atoms with Gasteiger partial charge in [-0.25, -0.2) is 0 Å². The van der Waals surface area contributed by atoms with Crippen molar-refractivity contribution >= 4 is 40.1 Å². The van der Waals surface area contributed by atoms with Crippen molar-refractivity contribution in [1.29, 1.82) is 0 Å². The zero-order valence-corrected chi connectivity index (χ0v) is 38.3. The van der Waals surface area contributed by atoms with Gasteiger partial charge in [-0.05, 0) is 131 Å². The number of carbonyl (C=O) groups excluding carboxylic acids is 5. The van der Waals surface area contributed by atoms with Crippen molar-refractivity contribution in [2.75, 3.05) is 0 Å². The molecule has 0 atom stereocenters. The van der Waals surface area contributed by atoms with E-state index in [0.29, 0.717) is 22.3 Å². The number of hydrogen-bond donors (Lipinski definition) is 0. The zero-order valence-electron chi connectivity index (χ0n) is 38.3. The van der Waals surface area contributed by atoms with E-state index in [0.717, 1.165) is 70.2 Å². The molecule has 0 aromatic heterocycles. The van der Waals surface area contributed by atoms with Gasteiger partial charge in [-0.15, -0.1) is 0 Å². The zero-order chi connectivity index (χ0) is 48.0. The van der Waals surface area contributed by atoms with Crippen LogP contribution in [0.3, 0.4) is 0 Å². The van der Waals surface area contributed by atoms with Gasteiger partial charge in [0.05, 0.1) is 0 Å². The third kappa shape index (κ3) is 9.73. The van der Waals surface area contributed by atoms with Gasteiger partial charge >= 0.3 is 0 Å². The maximum absolute atomic E-state index is 15.2. The Balaban J connectivity index is 1.09. The van der Waals surface area contributed by atoms with Gasteiger partial charge in [0.1, 0.15) is 0 Å². The minimum atomic E-state index is -0.569. The van der Waals surface area contributed by atoms with Crippen LogP contribution in [0, 0.1) is 0 Å². The highest BCUT2D eigenvalue weighted by Gasteiger charge is 2.24. The van der Waals surface area contributed by atoms with E-state index in [1.54, 1.807) is 48.5 Å². The molecule has 0 amide bonds. The Morgan fingerprint density at radius 3 is 0.814 bits per heavy atom. The van der Waals surface area contributed by atoms with Crippen LogP contribution in [0.1, 0.15) is 116 Å². The largest absolute Gasteiger partial charge is 0.289 e. The molecule has 5 nitrogen and oxygen atoms in total. The second kappa shape index (κ2) is 20.1. The molecule has 0 saturated carbocycles. The van der Waals surface area contributed by atoms with Gasteiger partial charge in [0.15, 0.2) is 28.9 Å². The Hall–Kier alpha value is -8.93. The standard InChI is InChI=1S/C65H46O5/c66-61(51-29-13-25-47(33-51)43-17-5-1-6-18-43)55-37-56(62(67)52-30-14-26-48(34-52)44-19-7-2-8-20-44)40-59(39-55)65(70)60-41-57(63(68)53-31-15-27-49(35-53)45-21-9-3-10-22-45)38-58(42-60)64(69)54-32-16-28-50(36-54)46-23-11-4-12-24-46/h1,3,5-7,9-11,13-42H,2,4,8,12H2. The lowest BCUT2D eigenvalue weighted by atomic mass is 9.88. The molecule has 5 heteroatoms. The minimum absolute atomic E-state index is 0.0505.